The van der Waals surface area contributed by atoms with Gasteiger partial charge in [-0.25, -0.2) is 0 Å². The molecule has 3 saturated heterocycles. The molecule has 3 N–H and O–H groups in total. The second-order valence-electron chi connectivity index (χ2n) is 28.9. The van der Waals surface area contributed by atoms with E-state index in [0.717, 1.165) is 50.1 Å². The minimum atomic E-state index is -4.77. The second kappa shape index (κ2) is 34.7. The lowest BCUT2D eigenvalue weighted by Crippen LogP contribution is -2.65. The lowest BCUT2D eigenvalue weighted by molar-refractivity contribution is -0.156. The molecule has 1 spiro atoms. The van der Waals surface area contributed by atoms with Gasteiger partial charge in [0.15, 0.2) is 0 Å². The van der Waals surface area contributed by atoms with E-state index in [1.54, 1.807) is 24.0 Å². The van der Waals surface area contributed by atoms with Crippen molar-refractivity contribution in [2.24, 2.45) is 17.8 Å². The highest BCUT2D eigenvalue weighted by atomic mass is 35.5. The fourth-order valence-electron chi connectivity index (χ4n) is 14.7. The molecule has 2 aromatic rings. The standard InChI is InChI=1S/C72H104ClF3N12O12/c1-13-46(5)61-68(98)82(8)42-59(91)80(6)43-60(92)84(10)55(39-48-26-24-45(4)25-27-48)66(96)81(7)41-57(89)77-52(31-29-47-28-30-50(51(73)38-47)72(74,75)76)65(95)88-36-20-23-53(88)64(94)79-71(32-16-17-33-71)70(100)86(12)62(49-21-14-15-22-49)69(99)85(11)56(67(97)87-34-18-19-35-87)40-58(90)83(9)54(37-44(2)3)63(93)78-61/h24-28,30,38,44,46,49,52-56,61-62H,13-23,29,31-37,39-43H2,1-12H3,(H,77,89)(H,78,93)(H,79,94)/t46-,52-,53?,54-,55-,56-,61-,62-/m0/s1. The summed E-state index contributed by atoms with van der Waals surface area (Å²) < 4.78 is 41.6. The van der Waals surface area contributed by atoms with E-state index in [9.17, 15) is 46.7 Å². The Morgan fingerprint density at radius 2 is 1.23 bits per heavy atom. The fourth-order valence-corrected chi connectivity index (χ4v) is 15.0. The van der Waals surface area contributed by atoms with Crippen LogP contribution in [0.5, 0.6) is 0 Å². The van der Waals surface area contributed by atoms with Crippen molar-refractivity contribution in [3.8, 4) is 0 Å². The molecule has 0 aromatic heterocycles. The van der Waals surface area contributed by atoms with Gasteiger partial charge in [0.25, 0.3) is 0 Å². The van der Waals surface area contributed by atoms with E-state index in [2.05, 4.69) is 16.0 Å². The van der Waals surface area contributed by atoms with Gasteiger partial charge >= 0.3 is 6.18 Å². The van der Waals surface area contributed by atoms with Crippen LogP contribution in [0.15, 0.2) is 42.5 Å². The maximum absolute atomic E-state index is 15.6. The number of aryl methyl sites for hydroxylation is 2. The highest BCUT2D eigenvalue weighted by Crippen LogP contribution is 2.38. The van der Waals surface area contributed by atoms with Gasteiger partial charge in [-0.2, -0.15) is 13.2 Å². The summed E-state index contributed by atoms with van der Waals surface area (Å²) in [6.07, 6.45) is 0.574. The van der Waals surface area contributed by atoms with Crippen molar-refractivity contribution in [2.75, 3.05) is 88.6 Å². The highest BCUT2D eigenvalue weighted by molar-refractivity contribution is 6.31. The molecule has 2 saturated carbocycles. The average Bonchev–Trinajstić information content (AvgIpc) is 1.43. The number of likely N-dealkylation sites (tertiary alicyclic amines) is 1. The predicted molar refractivity (Wildman–Crippen MR) is 368 cm³/mol. The first-order chi connectivity index (χ1) is 47.1. The van der Waals surface area contributed by atoms with Gasteiger partial charge in [-0.1, -0.05) is 107 Å². The van der Waals surface area contributed by atoms with Gasteiger partial charge in [0, 0.05) is 75.4 Å². The first-order valence-electron chi connectivity index (χ1n) is 35.3. The first-order valence-corrected chi connectivity index (χ1v) is 35.7. The molecule has 5 aliphatic rings. The molecule has 100 heavy (non-hydrogen) atoms. The first kappa shape index (κ1) is 79.5. The molecule has 24 nitrogen and oxygen atoms in total. The second-order valence-corrected chi connectivity index (χ2v) is 29.3. The SMILES string of the molecule is CC[C@H](C)[C@@H]1NC(=O)[C@H](CC(C)C)N(C)C(=O)C[C@@H](C(=O)N2CCCC2)N(C)C(=O)[C@H](C2CCCC2)N(C)C(=O)C2(CCCC2)NC(=O)C2CCCN2C(=O)[C@H](CCc2ccc(C(F)(F)F)c(Cl)c2)NC(=O)CN(C)C(=O)[C@H](Cc2ccc(C)cc2)N(C)C(=O)CN(C)C(=O)CN(C)C1=O. The smallest absolute Gasteiger partial charge is 0.343 e. The lowest BCUT2D eigenvalue weighted by Gasteiger charge is -2.42. The maximum Gasteiger partial charge on any atom is 0.417 e. The number of carbonyl (C=O) groups is 12. The van der Waals surface area contributed by atoms with Gasteiger partial charge in [-0.05, 0) is 119 Å². The molecule has 2 aromatic carbocycles. The Bertz CT molecular complexity index is 3320. The van der Waals surface area contributed by atoms with Gasteiger partial charge < -0.3 is 60.0 Å². The lowest BCUT2D eigenvalue weighted by atomic mass is 9.90. The van der Waals surface area contributed by atoms with E-state index >= 15 is 24.0 Å². The monoisotopic (exact) mass is 1420 g/mol. The molecule has 3 heterocycles. The average molecular weight is 1420 g/mol. The fraction of sp³-hybridized carbons (Fsp3) is 0.667. The summed E-state index contributed by atoms with van der Waals surface area (Å²) >= 11 is 6.15. The zero-order valence-corrected chi connectivity index (χ0v) is 61.0. The number of rotatable bonds is 11. The quantitative estimate of drug-likeness (QED) is 0.261. The van der Waals surface area contributed by atoms with Crippen LogP contribution in [0.25, 0.3) is 0 Å². The molecule has 28 heteroatoms. The van der Waals surface area contributed by atoms with Gasteiger partial charge in [0.05, 0.1) is 36.6 Å². The predicted octanol–water partition coefficient (Wildman–Crippen LogP) is 5.22. The van der Waals surface area contributed by atoms with E-state index in [4.69, 9.17) is 11.6 Å². The molecule has 8 atom stereocenters. The van der Waals surface area contributed by atoms with Crippen molar-refractivity contribution in [3.05, 3.63) is 69.7 Å². The molecular weight excluding hydrogens is 1320 g/mol. The van der Waals surface area contributed by atoms with Crippen LogP contribution in [0, 0.1) is 24.7 Å². The van der Waals surface area contributed by atoms with E-state index in [1.807, 2.05) is 39.8 Å². The van der Waals surface area contributed by atoms with Gasteiger partial charge in [-0.15, -0.1) is 0 Å². The summed E-state index contributed by atoms with van der Waals surface area (Å²) in [5.74, 6) is -9.08. The molecule has 552 valence electrons. The molecule has 7 rings (SSSR count). The molecular formula is C72H104ClF3N12O12. The van der Waals surface area contributed by atoms with Gasteiger partial charge in [0.1, 0.15) is 47.8 Å². The third kappa shape index (κ3) is 19.4. The topological polar surface area (TPSA) is 270 Å². The summed E-state index contributed by atoms with van der Waals surface area (Å²) in [7, 11) is 9.81. The van der Waals surface area contributed by atoms with Crippen molar-refractivity contribution < 1.29 is 70.7 Å². The van der Waals surface area contributed by atoms with Crippen LogP contribution in [-0.4, -0.2) is 251 Å². The zero-order valence-electron chi connectivity index (χ0n) is 60.2. The number of halogens is 4. The van der Waals surface area contributed by atoms with E-state index in [-0.39, 0.29) is 63.0 Å². The van der Waals surface area contributed by atoms with Gasteiger partial charge in [-0.3, -0.25) is 57.5 Å². The van der Waals surface area contributed by atoms with Crippen LogP contribution in [-0.2, 0) is 76.6 Å². The Kier molecular flexibility index (Phi) is 27.6. The van der Waals surface area contributed by atoms with Crippen LogP contribution < -0.4 is 16.0 Å². The van der Waals surface area contributed by atoms with E-state index in [0.29, 0.717) is 70.0 Å². The van der Waals surface area contributed by atoms with Crippen molar-refractivity contribution in [1.82, 2.24) is 60.0 Å². The molecule has 12 amide bonds. The third-order valence-corrected chi connectivity index (χ3v) is 21.4. The van der Waals surface area contributed by atoms with Crippen molar-refractivity contribution in [2.45, 2.75) is 204 Å². The third-order valence-electron chi connectivity index (χ3n) is 21.1. The van der Waals surface area contributed by atoms with E-state index < -0.39 is 173 Å². The number of benzene rings is 2. The summed E-state index contributed by atoms with van der Waals surface area (Å²) in [4.78, 5) is 190. The van der Waals surface area contributed by atoms with E-state index in [1.165, 1.54) is 75.0 Å². The summed E-state index contributed by atoms with van der Waals surface area (Å²) in [5.41, 5.74) is -0.817. The maximum atomic E-state index is 15.6. The number of amides is 12. The molecule has 2 aliphatic carbocycles. The molecule has 1 unspecified atom stereocenters. The molecule has 0 bridgehead atoms. The number of hydrogen-bond donors (Lipinski definition) is 3. The van der Waals surface area contributed by atoms with Crippen molar-refractivity contribution in [3.63, 3.8) is 0 Å². The minimum Gasteiger partial charge on any atom is -0.343 e. The normalized spacial score (nSPS) is 25.6. The molecule has 5 fully saturated rings. The number of nitrogens with one attached hydrogen (secondary N) is 3. The van der Waals surface area contributed by atoms with Crippen LogP contribution >= 0.6 is 11.6 Å². The molecule has 3 aliphatic heterocycles. The van der Waals surface area contributed by atoms with Crippen LogP contribution in [0.4, 0.5) is 13.2 Å². The minimum absolute atomic E-state index is 0.0236. The Hall–Kier alpha value is -7.84. The van der Waals surface area contributed by atoms with Gasteiger partial charge in [0.2, 0.25) is 70.9 Å². The number of alkyl halides is 3. The largest absolute Gasteiger partial charge is 0.417 e. The Balaban J connectivity index is 1.29. The van der Waals surface area contributed by atoms with Crippen LogP contribution in [0.3, 0.4) is 0 Å². The zero-order chi connectivity index (χ0) is 73.8. The van der Waals surface area contributed by atoms with Crippen LogP contribution in [0.1, 0.15) is 153 Å². The highest BCUT2D eigenvalue weighted by Gasteiger charge is 2.52. The number of hydrogen-bond acceptors (Lipinski definition) is 12. The van der Waals surface area contributed by atoms with Crippen molar-refractivity contribution >= 4 is 82.5 Å². The van der Waals surface area contributed by atoms with Crippen LogP contribution in [0.2, 0.25) is 5.02 Å². The number of carbonyl (C=O) groups excluding carboxylic acids is 12. The number of nitrogens with zero attached hydrogens (tertiary/aromatic N) is 9. The summed E-state index contributed by atoms with van der Waals surface area (Å²) in [5, 5.41) is 8.10. The summed E-state index contributed by atoms with van der Waals surface area (Å²) in [6, 6.07) is 1.42. The van der Waals surface area contributed by atoms with Crippen molar-refractivity contribution in [1.29, 1.82) is 0 Å². The Morgan fingerprint density at radius 1 is 0.630 bits per heavy atom. The Morgan fingerprint density at radius 3 is 1.83 bits per heavy atom. The summed E-state index contributed by atoms with van der Waals surface area (Å²) in [6.45, 7) is 8.13. The Labute approximate surface area is 591 Å². The number of fused-ring (bicyclic) bond motifs is 1. The number of likely N-dealkylation sites (N-methyl/N-ethyl adjacent to an activating group) is 7. The molecule has 0 radical (unpaired) electrons.